The van der Waals surface area contributed by atoms with Gasteiger partial charge in [0.05, 0.1) is 12.1 Å². The van der Waals surface area contributed by atoms with Crippen LogP contribution < -0.4 is 10.6 Å². The van der Waals surface area contributed by atoms with Gasteiger partial charge in [0.25, 0.3) is 0 Å². The van der Waals surface area contributed by atoms with E-state index in [0.717, 1.165) is 5.56 Å². The van der Waals surface area contributed by atoms with Crippen molar-refractivity contribution in [3.63, 3.8) is 0 Å². The van der Waals surface area contributed by atoms with Crippen molar-refractivity contribution in [1.29, 1.82) is 0 Å². The maximum Gasteiger partial charge on any atom is 0.321 e. The third-order valence-electron chi connectivity index (χ3n) is 3.14. The molecule has 23 heavy (non-hydrogen) atoms. The fraction of sp³-hybridized carbons (Fsp3) is 0.188. The fourth-order valence-electron chi connectivity index (χ4n) is 1.96. The summed E-state index contributed by atoms with van der Waals surface area (Å²) in [6.45, 7) is 0.286. The van der Waals surface area contributed by atoms with E-state index in [0.29, 0.717) is 0 Å². The number of nitrogens with zero attached hydrogens (tertiary/aromatic N) is 1. The number of carboxylic acid groups (broad SMARTS) is 1. The zero-order valence-corrected chi connectivity index (χ0v) is 12.3. The summed E-state index contributed by atoms with van der Waals surface area (Å²) in [4.78, 5) is 27.2. The number of phenolic OH excluding ortho intramolecular Hbond substituents is 1. The topological polar surface area (TPSA) is 112 Å². The van der Waals surface area contributed by atoms with Crippen molar-refractivity contribution in [3.05, 3.63) is 54.4 Å². The molecular weight excluding hydrogens is 298 g/mol. The van der Waals surface area contributed by atoms with E-state index in [1.165, 1.54) is 12.1 Å². The predicted octanol–water partition coefficient (Wildman–Crippen LogP) is 1.36. The first-order chi connectivity index (χ1) is 11.1. The molecule has 0 bridgehead atoms. The number of aromatic nitrogens is 1. The van der Waals surface area contributed by atoms with Crippen LogP contribution >= 0.6 is 0 Å². The third-order valence-corrected chi connectivity index (χ3v) is 3.14. The Morgan fingerprint density at radius 3 is 2.61 bits per heavy atom. The molecule has 1 aromatic carbocycles. The second-order valence-corrected chi connectivity index (χ2v) is 4.90. The van der Waals surface area contributed by atoms with Crippen molar-refractivity contribution in [2.24, 2.45) is 0 Å². The number of hydrogen-bond acceptors (Lipinski definition) is 5. The second kappa shape index (κ2) is 7.90. The Bertz CT molecular complexity index is 676. The summed E-state index contributed by atoms with van der Waals surface area (Å²) < 4.78 is 0. The Kier molecular flexibility index (Phi) is 5.65. The summed E-state index contributed by atoms with van der Waals surface area (Å²) in [6, 6.07) is 8.77. The minimum absolute atomic E-state index is 0.0731. The van der Waals surface area contributed by atoms with Gasteiger partial charge in [0.1, 0.15) is 11.8 Å². The number of anilines is 1. The van der Waals surface area contributed by atoms with E-state index in [9.17, 15) is 19.8 Å². The monoisotopic (exact) mass is 315 g/mol. The molecule has 1 atom stereocenters. The molecule has 0 saturated heterocycles. The van der Waals surface area contributed by atoms with Crippen LogP contribution in [0.5, 0.6) is 5.75 Å². The van der Waals surface area contributed by atoms with Crippen LogP contribution in [-0.4, -0.2) is 33.1 Å². The molecule has 4 N–H and O–H groups in total. The third kappa shape index (κ3) is 5.08. The molecule has 0 aliphatic carbocycles. The van der Waals surface area contributed by atoms with Crippen LogP contribution in [0, 0.1) is 0 Å². The highest BCUT2D eigenvalue weighted by atomic mass is 16.4. The molecule has 0 spiro atoms. The molecule has 1 amide bonds. The predicted molar refractivity (Wildman–Crippen MR) is 83.9 cm³/mol. The van der Waals surface area contributed by atoms with Gasteiger partial charge in [-0.15, -0.1) is 0 Å². The van der Waals surface area contributed by atoms with Crippen LogP contribution in [0.1, 0.15) is 12.0 Å². The summed E-state index contributed by atoms with van der Waals surface area (Å²) in [5, 5.41) is 24.1. The summed E-state index contributed by atoms with van der Waals surface area (Å²) in [6.07, 6.45) is 2.98. The Morgan fingerprint density at radius 1 is 1.17 bits per heavy atom. The lowest BCUT2D eigenvalue weighted by molar-refractivity contribution is -0.141. The van der Waals surface area contributed by atoms with Crippen molar-refractivity contribution >= 4 is 17.6 Å². The highest BCUT2D eigenvalue weighted by Crippen LogP contribution is 2.21. The van der Waals surface area contributed by atoms with Crippen molar-refractivity contribution in [2.45, 2.75) is 19.0 Å². The summed E-state index contributed by atoms with van der Waals surface area (Å²) in [5.41, 5.74) is 1.06. The van der Waals surface area contributed by atoms with Crippen molar-refractivity contribution in [3.8, 4) is 5.75 Å². The number of pyridine rings is 1. The molecular formula is C16H17N3O4. The number of amides is 1. The molecule has 2 rings (SSSR count). The van der Waals surface area contributed by atoms with E-state index >= 15 is 0 Å². The van der Waals surface area contributed by atoms with Gasteiger partial charge in [-0.2, -0.15) is 0 Å². The van der Waals surface area contributed by atoms with Gasteiger partial charge < -0.3 is 15.5 Å². The van der Waals surface area contributed by atoms with Crippen LogP contribution in [0.25, 0.3) is 0 Å². The molecule has 7 heteroatoms. The number of carboxylic acids is 1. The highest BCUT2D eigenvalue weighted by molar-refractivity contribution is 5.95. The van der Waals surface area contributed by atoms with E-state index in [1.54, 1.807) is 36.7 Å². The Labute approximate surface area is 133 Å². The second-order valence-electron chi connectivity index (χ2n) is 4.90. The first-order valence-electron chi connectivity index (χ1n) is 6.99. The SMILES string of the molecule is O=C(CC(NCc1cccnc1)C(=O)O)Nc1ccccc1O. The lowest BCUT2D eigenvalue weighted by Crippen LogP contribution is -2.39. The van der Waals surface area contributed by atoms with Crippen molar-refractivity contribution < 1.29 is 19.8 Å². The van der Waals surface area contributed by atoms with Crippen molar-refractivity contribution in [1.82, 2.24) is 10.3 Å². The average molecular weight is 315 g/mol. The molecule has 0 radical (unpaired) electrons. The molecule has 7 nitrogen and oxygen atoms in total. The summed E-state index contributed by atoms with van der Waals surface area (Å²) in [7, 11) is 0. The minimum Gasteiger partial charge on any atom is -0.506 e. The Hall–Kier alpha value is -2.93. The molecule has 0 fully saturated rings. The molecule has 2 aromatic rings. The smallest absolute Gasteiger partial charge is 0.321 e. The van der Waals surface area contributed by atoms with E-state index in [1.807, 2.05) is 0 Å². The average Bonchev–Trinajstić information content (AvgIpc) is 2.54. The van der Waals surface area contributed by atoms with Crippen LogP contribution in [0.15, 0.2) is 48.8 Å². The molecule has 1 aromatic heterocycles. The molecule has 1 heterocycles. The minimum atomic E-state index is -1.12. The number of aliphatic carboxylic acids is 1. The number of aromatic hydroxyl groups is 1. The number of phenols is 1. The normalized spacial score (nSPS) is 11.7. The molecule has 120 valence electrons. The van der Waals surface area contributed by atoms with Crippen LogP contribution in [-0.2, 0) is 16.1 Å². The number of carbonyl (C=O) groups excluding carboxylic acids is 1. The van der Waals surface area contributed by atoms with Gasteiger partial charge in [-0.05, 0) is 23.8 Å². The number of benzene rings is 1. The number of nitrogens with one attached hydrogen (secondary N) is 2. The Morgan fingerprint density at radius 2 is 1.96 bits per heavy atom. The molecule has 0 aliphatic rings. The molecule has 0 saturated carbocycles. The van der Waals surface area contributed by atoms with Gasteiger partial charge in [0, 0.05) is 18.9 Å². The van der Waals surface area contributed by atoms with Gasteiger partial charge in [-0.25, -0.2) is 0 Å². The lowest BCUT2D eigenvalue weighted by Gasteiger charge is -2.14. The number of hydrogen-bond donors (Lipinski definition) is 4. The summed E-state index contributed by atoms with van der Waals surface area (Å²) >= 11 is 0. The van der Waals surface area contributed by atoms with Gasteiger partial charge in [0.2, 0.25) is 5.91 Å². The quantitative estimate of drug-likeness (QED) is 0.574. The Balaban J connectivity index is 1.92. The number of carbonyl (C=O) groups is 2. The standard InChI is InChI=1S/C16H17N3O4/c20-14-6-2-1-5-12(14)19-15(21)8-13(16(22)23)18-10-11-4-3-7-17-9-11/h1-7,9,13,18,20H,8,10H2,(H,19,21)(H,22,23). The van der Waals surface area contributed by atoms with E-state index in [-0.39, 0.29) is 24.4 Å². The number of para-hydroxylation sites is 2. The summed E-state index contributed by atoms with van der Waals surface area (Å²) in [5.74, 6) is -1.70. The maximum atomic E-state index is 12.0. The molecule has 1 unspecified atom stereocenters. The maximum absolute atomic E-state index is 12.0. The zero-order chi connectivity index (χ0) is 16.7. The van der Waals surface area contributed by atoms with Gasteiger partial charge in [0.15, 0.2) is 0 Å². The lowest BCUT2D eigenvalue weighted by atomic mass is 10.1. The van der Waals surface area contributed by atoms with Gasteiger partial charge >= 0.3 is 5.97 Å². The number of rotatable bonds is 7. The van der Waals surface area contributed by atoms with Gasteiger partial charge in [-0.1, -0.05) is 18.2 Å². The van der Waals surface area contributed by atoms with E-state index in [2.05, 4.69) is 15.6 Å². The van der Waals surface area contributed by atoms with Crippen LogP contribution in [0.2, 0.25) is 0 Å². The highest BCUT2D eigenvalue weighted by Gasteiger charge is 2.21. The molecule has 0 aliphatic heterocycles. The fourth-order valence-corrected chi connectivity index (χ4v) is 1.96. The first kappa shape index (κ1) is 16.4. The van der Waals surface area contributed by atoms with Crippen LogP contribution in [0.3, 0.4) is 0 Å². The van der Waals surface area contributed by atoms with E-state index in [4.69, 9.17) is 0 Å². The largest absolute Gasteiger partial charge is 0.506 e. The van der Waals surface area contributed by atoms with Gasteiger partial charge in [-0.3, -0.25) is 19.9 Å². The van der Waals surface area contributed by atoms with Crippen LogP contribution in [0.4, 0.5) is 5.69 Å². The zero-order valence-electron chi connectivity index (χ0n) is 12.3. The van der Waals surface area contributed by atoms with Crippen molar-refractivity contribution in [2.75, 3.05) is 5.32 Å². The van der Waals surface area contributed by atoms with E-state index < -0.39 is 17.9 Å². The first-order valence-corrected chi connectivity index (χ1v) is 6.99.